The molecule has 0 aliphatic carbocycles. The number of anilines is 1. The minimum absolute atomic E-state index is 0.0597. The van der Waals surface area contributed by atoms with Gasteiger partial charge in [0.05, 0.1) is 0 Å². The number of hydrogen-bond donors (Lipinski definition) is 2. The Balaban J connectivity index is 2.08. The monoisotopic (exact) mass is 259 g/mol. The van der Waals surface area contributed by atoms with Crippen LogP contribution in [0, 0.1) is 0 Å². The molecule has 2 heterocycles. The topological polar surface area (TPSA) is 61.4 Å². The fourth-order valence-corrected chi connectivity index (χ4v) is 2.98. The fraction of sp³-hybridized carbons (Fsp3) is 0.429. The standard InChI is InChI=1S/C14H17N3O2/c1-10(18)17-8-11-4-2-3-5-12(11)16-13(19)14(17)6-7-15-9-14/h2-5,15H,6-9H2,1H3,(H,16,19). The molecule has 1 fully saturated rings. The van der Waals surface area contributed by atoms with Gasteiger partial charge in [-0.05, 0) is 24.6 Å². The van der Waals surface area contributed by atoms with Gasteiger partial charge >= 0.3 is 0 Å². The molecule has 0 saturated carbocycles. The van der Waals surface area contributed by atoms with Crippen LogP contribution < -0.4 is 10.6 Å². The molecule has 2 amide bonds. The van der Waals surface area contributed by atoms with Crippen LogP contribution in [0.25, 0.3) is 0 Å². The van der Waals surface area contributed by atoms with E-state index in [0.717, 1.165) is 17.8 Å². The molecule has 0 aromatic heterocycles. The van der Waals surface area contributed by atoms with Gasteiger partial charge in [-0.2, -0.15) is 0 Å². The summed E-state index contributed by atoms with van der Waals surface area (Å²) >= 11 is 0. The Morgan fingerprint density at radius 1 is 1.37 bits per heavy atom. The van der Waals surface area contributed by atoms with E-state index in [1.807, 2.05) is 24.3 Å². The van der Waals surface area contributed by atoms with Crippen LogP contribution in [0.2, 0.25) is 0 Å². The lowest BCUT2D eigenvalue weighted by atomic mass is 9.94. The molecular formula is C14H17N3O2. The Labute approximate surface area is 112 Å². The van der Waals surface area contributed by atoms with E-state index < -0.39 is 5.54 Å². The maximum absolute atomic E-state index is 12.6. The van der Waals surface area contributed by atoms with Gasteiger partial charge in [0.25, 0.3) is 5.91 Å². The number of carbonyl (C=O) groups is 2. The van der Waals surface area contributed by atoms with Crippen molar-refractivity contribution in [3.63, 3.8) is 0 Å². The summed E-state index contributed by atoms with van der Waals surface area (Å²) < 4.78 is 0. The van der Waals surface area contributed by atoms with Gasteiger partial charge in [-0.15, -0.1) is 0 Å². The molecule has 5 nitrogen and oxygen atoms in total. The lowest BCUT2D eigenvalue weighted by Crippen LogP contribution is -2.58. The summed E-state index contributed by atoms with van der Waals surface area (Å²) in [4.78, 5) is 26.3. The maximum Gasteiger partial charge on any atom is 0.251 e. The van der Waals surface area contributed by atoms with Crippen LogP contribution >= 0.6 is 0 Å². The number of para-hydroxylation sites is 1. The largest absolute Gasteiger partial charge is 0.324 e. The molecule has 100 valence electrons. The van der Waals surface area contributed by atoms with Crippen molar-refractivity contribution in [3.8, 4) is 0 Å². The number of amides is 2. The van der Waals surface area contributed by atoms with Crippen molar-refractivity contribution in [3.05, 3.63) is 29.8 Å². The Kier molecular flexibility index (Phi) is 2.78. The van der Waals surface area contributed by atoms with Gasteiger partial charge < -0.3 is 15.5 Å². The first-order valence-corrected chi connectivity index (χ1v) is 6.52. The third-order valence-corrected chi connectivity index (χ3v) is 4.05. The second kappa shape index (κ2) is 4.35. The molecule has 2 N–H and O–H groups in total. The number of rotatable bonds is 0. The summed E-state index contributed by atoms with van der Waals surface area (Å²) in [6.07, 6.45) is 0.659. The van der Waals surface area contributed by atoms with Crippen molar-refractivity contribution >= 4 is 17.5 Å². The summed E-state index contributed by atoms with van der Waals surface area (Å²) in [5.41, 5.74) is 1.04. The molecule has 0 bridgehead atoms. The maximum atomic E-state index is 12.6. The summed E-state index contributed by atoms with van der Waals surface area (Å²) in [6.45, 7) is 3.28. The van der Waals surface area contributed by atoms with Crippen molar-refractivity contribution < 1.29 is 9.59 Å². The van der Waals surface area contributed by atoms with E-state index in [2.05, 4.69) is 10.6 Å². The van der Waals surface area contributed by atoms with Crippen molar-refractivity contribution in [1.29, 1.82) is 0 Å². The highest BCUT2D eigenvalue weighted by Crippen LogP contribution is 2.32. The number of carbonyl (C=O) groups excluding carboxylic acids is 2. The molecule has 5 heteroatoms. The van der Waals surface area contributed by atoms with E-state index in [4.69, 9.17) is 0 Å². The van der Waals surface area contributed by atoms with Gasteiger partial charge in [0.15, 0.2) is 0 Å². The van der Waals surface area contributed by atoms with Gasteiger partial charge in [-0.25, -0.2) is 0 Å². The molecule has 1 spiro atoms. The first-order chi connectivity index (χ1) is 9.13. The summed E-state index contributed by atoms with van der Waals surface area (Å²) in [7, 11) is 0. The lowest BCUT2D eigenvalue weighted by molar-refractivity contribution is -0.143. The van der Waals surface area contributed by atoms with Crippen LogP contribution in [0.1, 0.15) is 18.9 Å². The zero-order chi connectivity index (χ0) is 13.5. The number of nitrogens with one attached hydrogen (secondary N) is 2. The quantitative estimate of drug-likeness (QED) is 0.721. The summed E-state index contributed by atoms with van der Waals surface area (Å²) in [5, 5.41) is 6.17. The lowest BCUT2D eigenvalue weighted by Gasteiger charge is -2.36. The zero-order valence-electron chi connectivity index (χ0n) is 10.9. The summed E-state index contributed by atoms with van der Waals surface area (Å²) in [5.74, 6) is -0.145. The Bertz CT molecular complexity index is 535. The highest BCUT2D eigenvalue weighted by Gasteiger charge is 2.49. The van der Waals surface area contributed by atoms with Gasteiger partial charge in [0.2, 0.25) is 5.91 Å². The highest BCUT2D eigenvalue weighted by atomic mass is 16.2. The molecule has 3 rings (SSSR count). The highest BCUT2D eigenvalue weighted by molar-refractivity contribution is 6.02. The minimum atomic E-state index is -0.745. The van der Waals surface area contributed by atoms with Gasteiger partial charge in [-0.3, -0.25) is 9.59 Å². The predicted octanol–water partition coefficient (Wildman–Crippen LogP) is 0.719. The molecule has 19 heavy (non-hydrogen) atoms. The SMILES string of the molecule is CC(=O)N1Cc2ccccc2NC(=O)C12CCNC2. The van der Waals surface area contributed by atoms with Crippen molar-refractivity contribution in [2.45, 2.75) is 25.4 Å². The molecule has 2 aliphatic rings. The van der Waals surface area contributed by atoms with E-state index in [-0.39, 0.29) is 11.8 Å². The summed E-state index contributed by atoms with van der Waals surface area (Å²) in [6, 6.07) is 7.65. The van der Waals surface area contributed by atoms with Crippen LogP contribution in [0.4, 0.5) is 5.69 Å². The second-order valence-electron chi connectivity index (χ2n) is 5.17. The first kappa shape index (κ1) is 12.2. The van der Waals surface area contributed by atoms with E-state index in [1.54, 1.807) is 4.90 Å². The molecule has 1 unspecified atom stereocenters. The molecule has 0 radical (unpaired) electrons. The Morgan fingerprint density at radius 2 is 2.16 bits per heavy atom. The normalized spacial score (nSPS) is 25.9. The van der Waals surface area contributed by atoms with E-state index in [9.17, 15) is 9.59 Å². The Morgan fingerprint density at radius 3 is 2.84 bits per heavy atom. The number of benzene rings is 1. The third kappa shape index (κ3) is 1.81. The zero-order valence-corrected chi connectivity index (χ0v) is 10.9. The van der Waals surface area contributed by atoms with Gasteiger partial charge in [-0.1, -0.05) is 18.2 Å². The van der Waals surface area contributed by atoms with Crippen molar-refractivity contribution in [2.75, 3.05) is 18.4 Å². The number of hydrogen-bond acceptors (Lipinski definition) is 3. The fourth-order valence-electron chi connectivity index (χ4n) is 2.98. The van der Waals surface area contributed by atoms with E-state index in [0.29, 0.717) is 19.5 Å². The van der Waals surface area contributed by atoms with Crippen LogP contribution in [-0.4, -0.2) is 35.3 Å². The predicted molar refractivity (Wildman–Crippen MR) is 71.5 cm³/mol. The average molecular weight is 259 g/mol. The van der Waals surface area contributed by atoms with E-state index in [1.165, 1.54) is 6.92 Å². The molecule has 2 aliphatic heterocycles. The molecule has 1 saturated heterocycles. The van der Waals surface area contributed by atoms with Crippen LogP contribution in [0.5, 0.6) is 0 Å². The Hall–Kier alpha value is -1.88. The first-order valence-electron chi connectivity index (χ1n) is 6.52. The van der Waals surface area contributed by atoms with Gasteiger partial charge in [0, 0.05) is 25.7 Å². The van der Waals surface area contributed by atoms with E-state index >= 15 is 0 Å². The molecule has 1 atom stereocenters. The van der Waals surface area contributed by atoms with Crippen molar-refractivity contribution in [2.24, 2.45) is 0 Å². The molecular weight excluding hydrogens is 242 g/mol. The molecule has 1 aromatic carbocycles. The minimum Gasteiger partial charge on any atom is -0.324 e. The smallest absolute Gasteiger partial charge is 0.251 e. The number of nitrogens with zero attached hydrogens (tertiary/aromatic N) is 1. The third-order valence-electron chi connectivity index (χ3n) is 4.05. The molecule has 1 aromatic rings. The van der Waals surface area contributed by atoms with Crippen LogP contribution in [-0.2, 0) is 16.1 Å². The number of fused-ring (bicyclic) bond motifs is 1. The van der Waals surface area contributed by atoms with Crippen LogP contribution in [0.3, 0.4) is 0 Å². The second-order valence-corrected chi connectivity index (χ2v) is 5.17. The average Bonchev–Trinajstić information content (AvgIpc) is 2.82. The van der Waals surface area contributed by atoms with Crippen LogP contribution in [0.15, 0.2) is 24.3 Å². The van der Waals surface area contributed by atoms with Crippen molar-refractivity contribution in [1.82, 2.24) is 10.2 Å². The van der Waals surface area contributed by atoms with Gasteiger partial charge in [0.1, 0.15) is 5.54 Å².